The maximum absolute atomic E-state index is 12.5. The lowest BCUT2D eigenvalue weighted by Crippen LogP contribution is -2.26. The molecule has 0 aliphatic rings. The number of sulfonamides is 1. The van der Waals surface area contributed by atoms with Crippen LogP contribution in [0.2, 0.25) is 10.0 Å². The molecule has 0 N–H and O–H groups in total. The van der Waals surface area contributed by atoms with Crippen LogP contribution in [0.1, 0.15) is 0 Å². The summed E-state index contributed by atoms with van der Waals surface area (Å²) in [4.78, 5) is 0.203. The van der Waals surface area contributed by atoms with E-state index < -0.39 is 10.0 Å². The normalized spacial score (nSPS) is 11.4. The minimum Gasteiger partial charge on any atom is -0.269 e. The Morgan fingerprint density at radius 3 is 2.15 bits per heavy atom. The number of rotatable bonds is 3. The lowest BCUT2D eigenvalue weighted by Gasteiger charge is -2.20. The minimum absolute atomic E-state index is 0.203. The van der Waals surface area contributed by atoms with Crippen molar-refractivity contribution in [2.45, 2.75) is 4.90 Å². The third-order valence-electron chi connectivity index (χ3n) is 2.74. The number of halogens is 3. The predicted octanol–water partition coefficient (Wildman–Crippen LogP) is 4.58. The topological polar surface area (TPSA) is 37.4 Å². The number of anilines is 1. The molecule has 2 rings (SSSR count). The van der Waals surface area contributed by atoms with Gasteiger partial charge in [0.15, 0.2) is 0 Å². The second-order valence-electron chi connectivity index (χ2n) is 4.02. The molecule has 0 heterocycles. The van der Waals surface area contributed by atoms with Gasteiger partial charge in [0.2, 0.25) is 0 Å². The molecule has 0 aliphatic heterocycles. The molecule has 2 aromatic carbocycles. The molecule has 0 fully saturated rings. The third kappa shape index (κ3) is 3.11. The van der Waals surface area contributed by atoms with Crippen molar-refractivity contribution < 1.29 is 8.42 Å². The zero-order valence-corrected chi connectivity index (χ0v) is 14.3. The van der Waals surface area contributed by atoms with Crippen LogP contribution in [0, 0.1) is 0 Å². The van der Waals surface area contributed by atoms with Crippen LogP contribution in [0.3, 0.4) is 0 Å². The lowest BCUT2D eigenvalue weighted by atomic mass is 10.3. The number of benzene rings is 2. The average molecular weight is 395 g/mol. The van der Waals surface area contributed by atoms with Gasteiger partial charge in [-0.05, 0) is 42.5 Å². The highest BCUT2D eigenvalue weighted by Gasteiger charge is 2.21. The van der Waals surface area contributed by atoms with E-state index in [9.17, 15) is 8.42 Å². The standard InChI is InChI=1S/C13H10BrCl2NO2S/c1-17(10-4-7-12(15)13(16)8-10)20(18,19)11-5-2-9(14)3-6-11/h2-8H,1H3. The van der Waals surface area contributed by atoms with Gasteiger partial charge >= 0.3 is 0 Å². The minimum atomic E-state index is -3.63. The van der Waals surface area contributed by atoms with Gasteiger partial charge in [0.05, 0.1) is 20.6 Å². The van der Waals surface area contributed by atoms with E-state index in [1.165, 1.54) is 29.6 Å². The number of hydrogen-bond acceptors (Lipinski definition) is 2. The van der Waals surface area contributed by atoms with Crippen molar-refractivity contribution in [1.29, 1.82) is 0 Å². The van der Waals surface area contributed by atoms with Gasteiger partial charge in [-0.15, -0.1) is 0 Å². The number of hydrogen-bond donors (Lipinski definition) is 0. The van der Waals surface area contributed by atoms with Gasteiger partial charge in [-0.3, -0.25) is 4.31 Å². The van der Waals surface area contributed by atoms with Crippen molar-refractivity contribution in [3.63, 3.8) is 0 Å². The fourth-order valence-corrected chi connectivity index (χ4v) is 3.33. The summed E-state index contributed by atoms with van der Waals surface area (Å²) < 4.78 is 26.9. The van der Waals surface area contributed by atoms with Crippen molar-refractivity contribution in [2.24, 2.45) is 0 Å². The molecule has 0 amide bonds. The SMILES string of the molecule is CN(c1ccc(Cl)c(Cl)c1)S(=O)(=O)c1ccc(Br)cc1. The lowest BCUT2D eigenvalue weighted by molar-refractivity contribution is 0.594. The monoisotopic (exact) mass is 393 g/mol. The fraction of sp³-hybridized carbons (Fsp3) is 0.0769. The van der Waals surface area contributed by atoms with Crippen LogP contribution in [0.5, 0.6) is 0 Å². The van der Waals surface area contributed by atoms with Gasteiger partial charge in [-0.2, -0.15) is 0 Å². The fourth-order valence-electron chi connectivity index (χ4n) is 1.58. The first-order valence-electron chi connectivity index (χ1n) is 5.52. The Morgan fingerprint density at radius 1 is 1.00 bits per heavy atom. The first-order chi connectivity index (χ1) is 9.32. The van der Waals surface area contributed by atoms with E-state index in [0.29, 0.717) is 15.7 Å². The molecule has 0 saturated heterocycles. The molecule has 0 aromatic heterocycles. The molecule has 0 spiro atoms. The smallest absolute Gasteiger partial charge is 0.264 e. The molecule has 0 unspecified atom stereocenters. The van der Waals surface area contributed by atoms with E-state index in [0.717, 1.165) is 4.47 Å². The Hall–Kier alpha value is -0.750. The highest BCUT2D eigenvalue weighted by atomic mass is 79.9. The Balaban J connectivity index is 2.42. The van der Waals surface area contributed by atoms with Crippen LogP contribution in [0.4, 0.5) is 5.69 Å². The van der Waals surface area contributed by atoms with Crippen molar-refractivity contribution in [3.8, 4) is 0 Å². The maximum Gasteiger partial charge on any atom is 0.264 e. The van der Waals surface area contributed by atoms with E-state index in [-0.39, 0.29) is 4.90 Å². The number of nitrogens with zero attached hydrogens (tertiary/aromatic N) is 1. The third-order valence-corrected chi connectivity index (χ3v) is 5.81. The van der Waals surface area contributed by atoms with E-state index in [1.807, 2.05) is 0 Å². The predicted molar refractivity (Wildman–Crippen MR) is 86.2 cm³/mol. The molecular weight excluding hydrogens is 385 g/mol. The summed E-state index contributed by atoms with van der Waals surface area (Å²) in [5.41, 5.74) is 0.447. The first kappa shape index (κ1) is 15.6. The van der Waals surface area contributed by atoms with Crippen LogP contribution < -0.4 is 4.31 Å². The zero-order chi connectivity index (χ0) is 14.9. The van der Waals surface area contributed by atoms with Gasteiger partial charge < -0.3 is 0 Å². The van der Waals surface area contributed by atoms with Gasteiger partial charge in [0, 0.05) is 11.5 Å². The van der Waals surface area contributed by atoms with Crippen molar-refractivity contribution in [3.05, 3.63) is 57.0 Å². The molecule has 3 nitrogen and oxygen atoms in total. The van der Waals surface area contributed by atoms with Crippen LogP contribution in [-0.2, 0) is 10.0 Å². The largest absolute Gasteiger partial charge is 0.269 e. The van der Waals surface area contributed by atoms with Gasteiger partial charge in [-0.1, -0.05) is 39.1 Å². The quantitative estimate of drug-likeness (QED) is 0.763. The van der Waals surface area contributed by atoms with E-state index in [1.54, 1.807) is 24.3 Å². The summed E-state index contributed by atoms with van der Waals surface area (Å²) in [6, 6.07) is 11.1. The molecule has 0 aliphatic carbocycles. The van der Waals surface area contributed by atoms with Crippen LogP contribution >= 0.6 is 39.1 Å². The Labute approximate surface area is 136 Å². The van der Waals surface area contributed by atoms with Crippen molar-refractivity contribution in [1.82, 2.24) is 0 Å². The van der Waals surface area contributed by atoms with Gasteiger partial charge in [0.1, 0.15) is 0 Å². The summed E-state index contributed by atoms with van der Waals surface area (Å²) in [6.45, 7) is 0. The molecule has 0 atom stereocenters. The Kier molecular flexibility index (Phi) is 4.64. The summed E-state index contributed by atoms with van der Waals surface area (Å²) >= 11 is 15.0. The second-order valence-corrected chi connectivity index (χ2v) is 7.72. The van der Waals surface area contributed by atoms with Crippen molar-refractivity contribution >= 4 is 54.8 Å². The molecular formula is C13H10BrCl2NO2S. The molecule has 2 aromatic rings. The van der Waals surface area contributed by atoms with E-state index in [2.05, 4.69) is 15.9 Å². The highest BCUT2D eigenvalue weighted by Crippen LogP contribution is 2.29. The molecule has 0 bridgehead atoms. The van der Waals surface area contributed by atoms with Gasteiger partial charge in [-0.25, -0.2) is 8.42 Å². The Morgan fingerprint density at radius 2 is 1.60 bits per heavy atom. The van der Waals surface area contributed by atoms with Gasteiger partial charge in [0.25, 0.3) is 10.0 Å². The molecule has 0 radical (unpaired) electrons. The summed E-state index contributed by atoms with van der Waals surface area (Å²) in [6.07, 6.45) is 0. The van der Waals surface area contributed by atoms with Crippen LogP contribution in [0.25, 0.3) is 0 Å². The Bertz CT molecular complexity index is 733. The molecule has 7 heteroatoms. The first-order valence-corrected chi connectivity index (χ1v) is 8.51. The summed E-state index contributed by atoms with van der Waals surface area (Å²) in [7, 11) is -2.16. The highest BCUT2D eigenvalue weighted by molar-refractivity contribution is 9.10. The summed E-state index contributed by atoms with van der Waals surface area (Å²) in [5.74, 6) is 0. The zero-order valence-electron chi connectivity index (χ0n) is 10.3. The van der Waals surface area contributed by atoms with Crippen LogP contribution in [-0.4, -0.2) is 15.5 Å². The summed E-state index contributed by atoms with van der Waals surface area (Å²) in [5, 5.41) is 0.687. The average Bonchev–Trinajstić information content (AvgIpc) is 2.41. The van der Waals surface area contributed by atoms with E-state index in [4.69, 9.17) is 23.2 Å². The molecule has 106 valence electrons. The maximum atomic E-state index is 12.5. The van der Waals surface area contributed by atoms with Crippen LogP contribution in [0.15, 0.2) is 51.8 Å². The molecule has 20 heavy (non-hydrogen) atoms. The van der Waals surface area contributed by atoms with Crippen molar-refractivity contribution in [2.75, 3.05) is 11.4 Å². The van der Waals surface area contributed by atoms with E-state index >= 15 is 0 Å². The molecule has 0 saturated carbocycles. The second kappa shape index (κ2) is 5.93.